The molecule has 1 fully saturated rings. The number of hydrogen-bond donors (Lipinski definition) is 14. The zero-order chi connectivity index (χ0) is 76.9. The van der Waals surface area contributed by atoms with Crippen molar-refractivity contribution in [2.24, 2.45) is 58.7 Å². The fourth-order valence-corrected chi connectivity index (χ4v) is 12.7. The SMILES string of the molecule is CO[C@@H]1[C@@H]2O[C@H](C[C@@H](O)[C@H](C)[C@@H](O)/C(C)=C/[C@H](C)[C@H](O)/C=C/CC(O)CC(C(NC(=O)CC(C)CCC(C)C(O)/C(C)=C/C(C)[C@@H](O)[C@H](NC(=O)/C=C/C(C)(C)C(=O)[C@@H](C)[C@@H](O)C(C)C)[C@@H](O)C(C)C)C(C)O)OC(=O)C(C(O)C(=O)O)NC(=O)/C=C/C=C/C=C/C=C/C=C/[C@H]2OC)C[C@@H]1C. The Balaban J connectivity index is 2.45. The van der Waals surface area contributed by atoms with Gasteiger partial charge in [0, 0.05) is 62.2 Å². The topological polar surface area (TPSA) is 398 Å². The smallest absolute Gasteiger partial charge is 0.335 e. The summed E-state index contributed by atoms with van der Waals surface area (Å²) >= 11 is 0. The third-order valence-corrected chi connectivity index (χ3v) is 19.4. The molecule has 2 aliphatic heterocycles. The molecule has 3 amide bonds. The average molecular weight is 1430 g/mol. The quantitative estimate of drug-likeness (QED) is 0.0278. The van der Waals surface area contributed by atoms with Gasteiger partial charge in [0.05, 0.1) is 79.2 Å². The van der Waals surface area contributed by atoms with Crippen molar-refractivity contribution >= 4 is 35.4 Å². The number of allylic oxidation sites excluding steroid dienone is 9. The van der Waals surface area contributed by atoms with E-state index in [1.54, 1.807) is 160 Å². The number of aliphatic hydroxyl groups is 10. The molecule has 2 heterocycles. The van der Waals surface area contributed by atoms with Gasteiger partial charge >= 0.3 is 11.9 Å². The summed E-state index contributed by atoms with van der Waals surface area (Å²) in [5.41, 5.74) is -0.159. The second-order valence-electron chi connectivity index (χ2n) is 29.5. The number of cyclic esters (lactones) is 1. The molecule has 0 aromatic heterocycles. The maximum Gasteiger partial charge on any atom is 0.335 e. The number of esters is 1. The van der Waals surface area contributed by atoms with Crippen LogP contribution in [0.1, 0.15) is 156 Å². The number of ether oxygens (including phenoxy) is 4. The molecule has 1 saturated heterocycles. The summed E-state index contributed by atoms with van der Waals surface area (Å²) < 4.78 is 24.0. The van der Waals surface area contributed by atoms with E-state index < -0.39 is 181 Å². The Morgan fingerprint density at radius 2 is 1.36 bits per heavy atom. The average Bonchev–Trinajstić information content (AvgIpc) is 0.819. The highest BCUT2D eigenvalue weighted by molar-refractivity contribution is 5.94. The molecule has 24 heteroatoms. The van der Waals surface area contributed by atoms with Gasteiger partial charge in [-0.3, -0.25) is 19.2 Å². The first-order valence-electron chi connectivity index (χ1n) is 35.6. The van der Waals surface area contributed by atoms with Crippen LogP contribution in [0.3, 0.4) is 0 Å². The number of carboxylic acids is 1. The van der Waals surface area contributed by atoms with Gasteiger partial charge in [-0.15, -0.1) is 0 Å². The van der Waals surface area contributed by atoms with Gasteiger partial charge in [0.15, 0.2) is 12.1 Å². The molecule has 574 valence electrons. The van der Waals surface area contributed by atoms with Gasteiger partial charge in [-0.2, -0.15) is 0 Å². The first-order valence-corrected chi connectivity index (χ1v) is 35.6. The first-order chi connectivity index (χ1) is 47.1. The van der Waals surface area contributed by atoms with E-state index in [9.17, 15) is 84.9 Å². The van der Waals surface area contributed by atoms with Gasteiger partial charge in [0.2, 0.25) is 17.7 Å². The molecular formula is C77H125N3O21. The lowest BCUT2D eigenvalue weighted by atomic mass is 9.77. The van der Waals surface area contributed by atoms with Gasteiger partial charge in [-0.25, -0.2) is 9.59 Å². The van der Waals surface area contributed by atoms with Crippen molar-refractivity contribution in [3.05, 3.63) is 108 Å². The molecule has 0 radical (unpaired) electrons. The lowest BCUT2D eigenvalue weighted by molar-refractivity contribution is -0.191. The molecule has 2 bridgehead atoms. The summed E-state index contributed by atoms with van der Waals surface area (Å²) in [4.78, 5) is 80.2. The van der Waals surface area contributed by atoms with Crippen molar-refractivity contribution in [2.45, 2.75) is 265 Å². The number of rotatable bonds is 26. The molecule has 101 heavy (non-hydrogen) atoms. The zero-order valence-corrected chi connectivity index (χ0v) is 62.8. The molecule has 14 N–H and O–H groups in total. The molecule has 0 aliphatic carbocycles. The predicted molar refractivity (Wildman–Crippen MR) is 386 cm³/mol. The molecule has 0 aromatic carbocycles. The maximum absolute atomic E-state index is 14.1. The van der Waals surface area contributed by atoms with Crippen LogP contribution < -0.4 is 16.0 Å². The van der Waals surface area contributed by atoms with E-state index in [0.29, 0.717) is 30.4 Å². The monoisotopic (exact) mass is 1430 g/mol. The summed E-state index contributed by atoms with van der Waals surface area (Å²) in [5, 5.41) is 130. The number of amides is 3. The maximum atomic E-state index is 14.1. The highest BCUT2D eigenvalue weighted by Gasteiger charge is 2.44. The van der Waals surface area contributed by atoms with E-state index >= 15 is 0 Å². The number of aliphatic carboxylic acids is 1. The molecule has 2 aliphatic rings. The number of carbonyl (C=O) groups excluding carboxylic acids is 5. The van der Waals surface area contributed by atoms with Crippen LogP contribution in [0.2, 0.25) is 0 Å². The van der Waals surface area contributed by atoms with Crippen LogP contribution in [0.15, 0.2) is 108 Å². The summed E-state index contributed by atoms with van der Waals surface area (Å²) in [6.07, 6.45) is 8.52. The van der Waals surface area contributed by atoms with Gasteiger partial charge < -0.3 is 91.1 Å². The largest absolute Gasteiger partial charge is 0.479 e. The molecule has 25 atom stereocenters. The lowest BCUT2D eigenvalue weighted by Gasteiger charge is -2.43. The Morgan fingerprint density at radius 1 is 0.762 bits per heavy atom. The molecule has 0 spiro atoms. The minimum absolute atomic E-state index is 0.0249. The fourth-order valence-electron chi connectivity index (χ4n) is 12.7. The number of carboxylic acid groups (broad SMARTS) is 1. The number of Topliss-reactive ketones (excluding diaryl/α,β-unsaturated/α-hetero) is 1. The Kier molecular flexibility index (Phi) is 40.4. The van der Waals surface area contributed by atoms with Crippen LogP contribution in [0, 0.1) is 58.7 Å². The van der Waals surface area contributed by atoms with Crippen molar-refractivity contribution in [3.63, 3.8) is 0 Å². The second-order valence-corrected chi connectivity index (χ2v) is 29.5. The highest BCUT2D eigenvalue weighted by Crippen LogP contribution is 2.35. The molecule has 0 saturated carbocycles. The standard InChI is InChI=1S/C77H125N3O21/c1-42(2)66(88)52(13)74(94)77(15,16)35-34-61(86)78-64(67(89)43(3)4)70(92)49(10)38-47(8)68(90)45(6)33-32-44(5)36-62(87)80-63(53(14)81)59-40-54(82)28-27-29-56(83)46(7)37-48(9)69(91)51(12)57(84)41-55-39-50(11)72(99-18)73(100-55)58(98-17)30-25-23-21-19-20-22-24-26-31-60(85)79-65(76(97)101-59)71(93)75(95)96/h19-27,29-31,34-35,37-38,42-46,49-59,63-73,81-84,88-93H,28,32-33,36,39-41H2,1-18H3,(H,78,86)(H,79,85)(H,80,87)(H,95,96)/b20-19+,23-21+,24-22+,29-27+,30-25+,31-26+,35-34+,47-38+,48-37+/t44?,45?,46-,49?,50-,51-,52-,53?,54?,55-,56+,57+,58+,59?,63?,64+,65?,66-,67-,68?,69-,70+,71?,72-,73+/m0/s1. The minimum atomic E-state index is -2.56. The van der Waals surface area contributed by atoms with Crippen LogP contribution in [0.25, 0.3) is 0 Å². The fraction of sp³-hybridized carbons (Fsp3) is 0.688. The van der Waals surface area contributed by atoms with Gasteiger partial charge in [-0.05, 0) is 114 Å². The molecule has 24 nitrogen and oxygen atoms in total. The third kappa shape index (κ3) is 30.4. The van der Waals surface area contributed by atoms with Crippen molar-refractivity contribution < 1.29 is 104 Å². The van der Waals surface area contributed by atoms with Crippen molar-refractivity contribution in [3.8, 4) is 0 Å². The van der Waals surface area contributed by atoms with E-state index in [2.05, 4.69) is 16.0 Å². The Morgan fingerprint density at radius 3 is 1.92 bits per heavy atom. The summed E-state index contributed by atoms with van der Waals surface area (Å²) in [5.74, 6) is -9.96. The normalized spacial score (nSPS) is 31.6. The van der Waals surface area contributed by atoms with Crippen molar-refractivity contribution in [1.29, 1.82) is 0 Å². The van der Waals surface area contributed by atoms with Gasteiger partial charge in [0.1, 0.15) is 24.1 Å². The second kappa shape index (κ2) is 44.7. The number of nitrogens with one attached hydrogen (secondary N) is 3. The van der Waals surface area contributed by atoms with Crippen LogP contribution >= 0.6 is 0 Å². The van der Waals surface area contributed by atoms with E-state index in [0.717, 1.165) is 6.08 Å². The number of carbonyl (C=O) groups is 6. The van der Waals surface area contributed by atoms with E-state index in [4.69, 9.17) is 18.9 Å². The van der Waals surface area contributed by atoms with Crippen molar-refractivity contribution in [2.75, 3.05) is 14.2 Å². The number of aliphatic hydroxyl groups excluding tert-OH is 10. The minimum Gasteiger partial charge on any atom is -0.479 e. The number of methoxy groups -OCH3 is 2. The summed E-state index contributed by atoms with van der Waals surface area (Å²) in [6, 6.07) is -4.91. The highest BCUT2D eigenvalue weighted by atomic mass is 16.6. The van der Waals surface area contributed by atoms with E-state index in [1.165, 1.54) is 43.4 Å². The van der Waals surface area contributed by atoms with E-state index in [-0.39, 0.29) is 48.9 Å². The van der Waals surface area contributed by atoms with E-state index in [1.807, 2.05) is 13.0 Å². The van der Waals surface area contributed by atoms with Gasteiger partial charge in [-0.1, -0.05) is 161 Å². The molecule has 0 aromatic rings. The van der Waals surface area contributed by atoms with Crippen LogP contribution in [0.5, 0.6) is 0 Å². The summed E-state index contributed by atoms with van der Waals surface area (Å²) in [6.45, 7) is 27.3. The Hall–Kier alpha value is -5.84. The zero-order valence-electron chi connectivity index (χ0n) is 62.8. The van der Waals surface area contributed by atoms with Gasteiger partial charge in [0.25, 0.3) is 0 Å². The third-order valence-electron chi connectivity index (χ3n) is 19.4. The Bertz CT molecular complexity index is 2860. The Labute approximate surface area is 599 Å². The molecular weight excluding hydrogens is 1300 g/mol. The van der Waals surface area contributed by atoms with Crippen LogP contribution in [-0.4, -0.2) is 216 Å². The number of fused-ring (bicyclic) bond motifs is 2. The molecule has 10 unspecified atom stereocenters. The number of hydrogen-bond acceptors (Lipinski definition) is 20. The van der Waals surface area contributed by atoms with Crippen LogP contribution in [-0.2, 0) is 47.7 Å². The molecule has 2 rings (SSSR count). The summed E-state index contributed by atoms with van der Waals surface area (Å²) in [7, 11) is 3.16. The number of ketones is 1. The lowest BCUT2D eigenvalue weighted by Crippen LogP contribution is -2.56. The predicted octanol–water partition coefficient (Wildman–Crippen LogP) is 5.75. The van der Waals surface area contributed by atoms with Crippen LogP contribution in [0.4, 0.5) is 0 Å². The van der Waals surface area contributed by atoms with Crippen molar-refractivity contribution in [1.82, 2.24) is 16.0 Å². The first kappa shape index (κ1) is 91.2.